The predicted octanol–water partition coefficient (Wildman–Crippen LogP) is 5.84. The lowest BCUT2D eigenvalue weighted by Crippen LogP contribution is -2.32. The molecule has 1 N–H and O–H groups in total. The van der Waals surface area contributed by atoms with E-state index < -0.39 is 0 Å². The van der Waals surface area contributed by atoms with Gasteiger partial charge >= 0.3 is 0 Å². The fourth-order valence-corrected chi connectivity index (χ4v) is 5.35. The highest BCUT2D eigenvalue weighted by Gasteiger charge is 2.26. The number of benzene rings is 3. The molecule has 1 atom stereocenters. The minimum Gasteiger partial charge on any atom is -0.322 e. The number of aromatic amines is 1. The lowest BCUT2D eigenvalue weighted by molar-refractivity contribution is 0.160. The number of fused-ring (bicyclic) bond motifs is 1. The fraction of sp³-hybridized carbons (Fsp3) is 0.312. The Kier molecular flexibility index (Phi) is 7.98. The third kappa shape index (κ3) is 6.15. The van der Waals surface area contributed by atoms with Gasteiger partial charge in [-0.3, -0.25) is 9.69 Å². The molecule has 5 rings (SSSR count). The summed E-state index contributed by atoms with van der Waals surface area (Å²) < 4.78 is 1.92. The maximum Gasteiger partial charge on any atom is 0.252 e. The first-order valence-corrected chi connectivity index (χ1v) is 13.6. The van der Waals surface area contributed by atoms with Crippen LogP contribution >= 0.6 is 0 Å². The minimum atomic E-state index is -0.0636. The molecule has 0 bridgehead atoms. The van der Waals surface area contributed by atoms with E-state index in [4.69, 9.17) is 0 Å². The topological polar surface area (TPSA) is 79.7 Å². The molecule has 0 aliphatic carbocycles. The number of H-pyrrole nitrogens is 1. The van der Waals surface area contributed by atoms with Crippen molar-refractivity contribution in [2.45, 2.75) is 66.2 Å². The van der Waals surface area contributed by atoms with Crippen molar-refractivity contribution in [3.63, 3.8) is 0 Å². The second-order valence-corrected chi connectivity index (χ2v) is 10.5. The molecule has 0 aliphatic rings. The summed E-state index contributed by atoms with van der Waals surface area (Å²) in [5.41, 5.74) is 7.51. The van der Waals surface area contributed by atoms with E-state index in [2.05, 4.69) is 114 Å². The molecule has 2 aromatic heterocycles. The molecule has 2 heterocycles. The van der Waals surface area contributed by atoms with E-state index in [0.717, 1.165) is 46.3 Å². The molecule has 39 heavy (non-hydrogen) atoms. The molecule has 200 valence electrons. The van der Waals surface area contributed by atoms with Crippen LogP contribution < -0.4 is 5.56 Å². The Balaban J connectivity index is 1.49. The number of pyridine rings is 1. The van der Waals surface area contributed by atoms with Gasteiger partial charge < -0.3 is 4.98 Å². The van der Waals surface area contributed by atoms with E-state index in [1.54, 1.807) is 0 Å². The van der Waals surface area contributed by atoms with Gasteiger partial charge in [-0.05, 0) is 78.4 Å². The molecular weight excluding hydrogens is 484 g/mol. The highest BCUT2D eigenvalue weighted by molar-refractivity contribution is 5.83. The van der Waals surface area contributed by atoms with Crippen molar-refractivity contribution in [2.75, 3.05) is 0 Å². The zero-order valence-electron chi connectivity index (χ0n) is 23.2. The van der Waals surface area contributed by atoms with Crippen LogP contribution in [-0.2, 0) is 26.1 Å². The molecule has 0 fully saturated rings. The van der Waals surface area contributed by atoms with Gasteiger partial charge in [0, 0.05) is 36.1 Å². The summed E-state index contributed by atoms with van der Waals surface area (Å²) in [4.78, 5) is 18.7. The summed E-state index contributed by atoms with van der Waals surface area (Å²) in [6.07, 6.45) is 1.65. The Bertz CT molecular complexity index is 1600. The van der Waals surface area contributed by atoms with Crippen LogP contribution in [0.15, 0.2) is 77.6 Å². The smallest absolute Gasteiger partial charge is 0.252 e. The summed E-state index contributed by atoms with van der Waals surface area (Å²) in [6, 6.07) is 25.1. The van der Waals surface area contributed by atoms with Gasteiger partial charge in [0.05, 0.1) is 6.04 Å². The Morgan fingerprint density at radius 2 is 1.67 bits per heavy atom. The average Bonchev–Trinajstić information content (AvgIpc) is 3.38. The van der Waals surface area contributed by atoms with Crippen LogP contribution in [0.4, 0.5) is 0 Å². The van der Waals surface area contributed by atoms with Crippen LogP contribution in [0, 0.1) is 20.8 Å². The molecular formula is C32H36N6O. The second-order valence-electron chi connectivity index (χ2n) is 10.5. The summed E-state index contributed by atoms with van der Waals surface area (Å²) in [6.45, 7) is 10.2. The molecule has 0 saturated carbocycles. The number of hydrogen-bond donors (Lipinski definition) is 1. The first-order chi connectivity index (χ1) is 18.9. The first kappa shape index (κ1) is 26.5. The summed E-state index contributed by atoms with van der Waals surface area (Å²) in [7, 11) is 0. The second kappa shape index (κ2) is 11.7. The Morgan fingerprint density at radius 1 is 0.897 bits per heavy atom. The molecule has 0 radical (unpaired) electrons. The van der Waals surface area contributed by atoms with Crippen molar-refractivity contribution >= 4 is 10.9 Å². The number of nitrogens with one attached hydrogen (secondary N) is 1. The average molecular weight is 521 g/mol. The maximum absolute atomic E-state index is 13.3. The van der Waals surface area contributed by atoms with E-state index >= 15 is 0 Å². The van der Waals surface area contributed by atoms with Crippen LogP contribution in [0.5, 0.6) is 0 Å². The van der Waals surface area contributed by atoms with Crippen molar-refractivity contribution in [2.24, 2.45) is 0 Å². The van der Waals surface area contributed by atoms with Gasteiger partial charge in [-0.2, -0.15) is 0 Å². The lowest BCUT2D eigenvalue weighted by atomic mass is 10.0. The first-order valence-electron chi connectivity index (χ1n) is 13.6. The number of aryl methyl sites for hydroxylation is 5. The quantitative estimate of drug-likeness (QED) is 0.250. The molecule has 3 aromatic carbocycles. The maximum atomic E-state index is 13.3. The number of aromatic nitrogens is 5. The zero-order chi connectivity index (χ0) is 27.4. The SMILES string of the molecule is CCC(c1nnnn1CCc1ccccc1)N(Cc1ccc(C)cc1)Cc1cc2c(C)cc(C)cc2[nH]c1=O. The van der Waals surface area contributed by atoms with Crippen molar-refractivity contribution in [1.29, 1.82) is 0 Å². The molecule has 1 unspecified atom stereocenters. The van der Waals surface area contributed by atoms with Gasteiger partial charge in [-0.1, -0.05) is 73.2 Å². The lowest BCUT2D eigenvalue weighted by Gasteiger charge is -2.30. The Morgan fingerprint density at radius 3 is 2.41 bits per heavy atom. The third-order valence-corrected chi connectivity index (χ3v) is 7.41. The molecule has 0 amide bonds. The van der Waals surface area contributed by atoms with Gasteiger partial charge in [0.25, 0.3) is 5.56 Å². The Hall–Kier alpha value is -4.10. The van der Waals surface area contributed by atoms with Gasteiger partial charge in [-0.25, -0.2) is 4.68 Å². The molecule has 5 aromatic rings. The molecule has 7 nitrogen and oxygen atoms in total. The van der Waals surface area contributed by atoms with Crippen LogP contribution in [-0.4, -0.2) is 30.1 Å². The van der Waals surface area contributed by atoms with Crippen LogP contribution in [0.3, 0.4) is 0 Å². The number of rotatable bonds is 10. The van der Waals surface area contributed by atoms with Crippen LogP contribution in [0.25, 0.3) is 10.9 Å². The number of tetrazole rings is 1. The summed E-state index contributed by atoms with van der Waals surface area (Å²) >= 11 is 0. The molecule has 0 aliphatic heterocycles. The van der Waals surface area contributed by atoms with E-state index in [1.165, 1.54) is 16.7 Å². The van der Waals surface area contributed by atoms with Crippen LogP contribution in [0.1, 0.15) is 58.6 Å². The molecule has 0 saturated heterocycles. The largest absolute Gasteiger partial charge is 0.322 e. The van der Waals surface area contributed by atoms with Crippen molar-refractivity contribution in [3.05, 3.63) is 122 Å². The minimum absolute atomic E-state index is 0.0556. The standard InChI is InChI=1S/C32H36N6O/c1-5-30(31-34-35-36-38(31)16-15-25-9-7-6-8-10-25)37(20-26-13-11-22(2)12-14-26)21-27-19-28-24(4)17-23(3)18-29(28)33-32(27)39/h6-14,17-19,30H,5,15-16,20-21H2,1-4H3,(H,33,39). The van der Waals surface area contributed by atoms with Gasteiger partial charge in [0.15, 0.2) is 5.82 Å². The van der Waals surface area contributed by atoms with E-state index in [9.17, 15) is 4.79 Å². The van der Waals surface area contributed by atoms with Crippen LogP contribution in [0.2, 0.25) is 0 Å². The van der Waals surface area contributed by atoms with E-state index in [1.807, 2.05) is 16.8 Å². The molecule has 0 spiro atoms. The molecule has 7 heteroatoms. The van der Waals surface area contributed by atoms with Gasteiger partial charge in [0.2, 0.25) is 0 Å². The van der Waals surface area contributed by atoms with Crippen molar-refractivity contribution in [1.82, 2.24) is 30.1 Å². The number of nitrogens with zero attached hydrogens (tertiary/aromatic N) is 5. The Labute approximate surface area is 229 Å². The summed E-state index contributed by atoms with van der Waals surface area (Å²) in [5.74, 6) is 0.824. The highest BCUT2D eigenvalue weighted by Crippen LogP contribution is 2.27. The highest BCUT2D eigenvalue weighted by atomic mass is 16.1. The van der Waals surface area contributed by atoms with Gasteiger partial charge in [-0.15, -0.1) is 5.10 Å². The fourth-order valence-electron chi connectivity index (χ4n) is 5.35. The van der Waals surface area contributed by atoms with E-state index in [0.29, 0.717) is 19.6 Å². The number of hydrogen-bond acceptors (Lipinski definition) is 5. The van der Waals surface area contributed by atoms with Crippen molar-refractivity contribution in [3.8, 4) is 0 Å². The van der Waals surface area contributed by atoms with Gasteiger partial charge in [0.1, 0.15) is 0 Å². The van der Waals surface area contributed by atoms with E-state index in [-0.39, 0.29) is 11.6 Å². The summed E-state index contributed by atoms with van der Waals surface area (Å²) in [5, 5.41) is 14.0. The predicted molar refractivity (Wildman–Crippen MR) is 155 cm³/mol. The normalized spacial score (nSPS) is 12.3. The third-order valence-electron chi connectivity index (χ3n) is 7.41. The monoisotopic (exact) mass is 520 g/mol. The van der Waals surface area contributed by atoms with Crippen molar-refractivity contribution < 1.29 is 0 Å². The zero-order valence-corrected chi connectivity index (χ0v) is 23.2.